The number of halogens is 3. The summed E-state index contributed by atoms with van der Waals surface area (Å²) in [5, 5.41) is 6.57. The standard InChI is InChI=1S/C21H19F3N4O2/c22-21(23,24)16-9-4-10-17(12-16)25-20(29)28-11-5-8-15(13-28)19-26-18(27-30-19)14-6-2-1-3-7-14/h1-4,6-7,9-10,12,15H,5,8,11,13H2,(H,25,29). The van der Waals surface area contributed by atoms with Gasteiger partial charge in [0.25, 0.3) is 0 Å². The molecule has 0 saturated carbocycles. The molecular formula is C21H19F3N4O2. The van der Waals surface area contributed by atoms with Crippen LogP contribution >= 0.6 is 0 Å². The van der Waals surface area contributed by atoms with Crippen molar-refractivity contribution in [2.75, 3.05) is 18.4 Å². The van der Waals surface area contributed by atoms with E-state index in [-0.39, 0.29) is 11.6 Å². The van der Waals surface area contributed by atoms with Crippen LogP contribution in [0.4, 0.5) is 23.7 Å². The first-order chi connectivity index (χ1) is 14.4. The Morgan fingerprint density at radius 2 is 1.93 bits per heavy atom. The molecule has 1 N–H and O–H groups in total. The second kappa shape index (κ2) is 8.17. The van der Waals surface area contributed by atoms with E-state index in [1.807, 2.05) is 30.3 Å². The molecule has 4 rings (SSSR count). The number of rotatable bonds is 3. The lowest BCUT2D eigenvalue weighted by Gasteiger charge is -2.31. The molecule has 0 spiro atoms. The van der Waals surface area contributed by atoms with E-state index in [0.29, 0.717) is 24.8 Å². The topological polar surface area (TPSA) is 71.3 Å². The number of hydrogen-bond donors (Lipinski definition) is 1. The first kappa shape index (κ1) is 19.9. The molecule has 1 fully saturated rings. The van der Waals surface area contributed by atoms with Crippen LogP contribution in [0.3, 0.4) is 0 Å². The third-order valence-corrected chi connectivity index (χ3v) is 4.97. The van der Waals surface area contributed by atoms with Crippen molar-refractivity contribution in [1.82, 2.24) is 15.0 Å². The highest BCUT2D eigenvalue weighted by molar-refractivity contribution is 5.89. The van der Waals surface area contributed by atoms with Gasteiger partial charge in [-0.1, -0.05) is 41.6 Å². The van der Waals surface area contributed by atoms with E-state index in [9.17, 15) is 18.0 Å². The van der Waals surface area contributed by atoms with Crippen molar-refractivity contribution >= 4 is 11.7 Å². The molecule has 1 atom stereocenters. The van der Waals surface area contributed by atoms with Crippen LogP contribution in [0.2, 0.25) is 0 Å². The van der Waals surface area contributed by atoms with Crippen molar-refractivity contribution in [3.05, 3.63) is 66.1 Å². The Kier molecular flexibility index (Phi) is 5.43. The van der Waals surface area contributed by atoms with Crippen LogP contribution in [-0.4, -0.2) is 34.2 Å². The van der Waals surface area contributed by atoms with Crippen molar-refractivity contribution in [3.8, 4) is 11.4 Å². The maximum absolute atomic E-state index is 12.9. The lowest BCUT2D eigenvalue weighted by Crippen LogP contribution is -2.41. The van der Waals surface area contributed by atoms with Gasteiger partial charge in [0.2, 0.25) is 11.7 Å². The maximum atomic E-state index is 12.9. The second-order valence-corrected chi connectivity index (χ2v) is 7.12. The van der Waals surface area contributed by atoms with Crippen LogP contribution in [0.25, 0.3) is 11.4 Å². The average Bonchev–Trinajstić information content (AvgIpc) is 3.24. The molecule has 2 aromatic carbocycles. The van der Waals surface area contributed by atoms with Crippen LogP contribution < -0.4 is 5.32 Å². The Hall–Kier alpha value is -3.36. The fraction of sp³-hybridized carbons (Fsp3) is 0.286. The number of piperidine rings is 1. The van der Waals surface area contributed by atoms with Gasteiger partial charge < -0.3 is 14.7 Å². The fourth-order valence-corrected chi connectivity index (χ4v) is 3.44. The summed E-state index contributed by atoms with van der Waals surface area (Å²) in [6, 6.07) is 13.5. The molecule has 1 unspecified atom stereocenters. The predicted molar refractivity (Wildman–Crippen MR) is 104 cm³/mol. The summed E-state index contributed by atoms with van der Waals surface area (Å²) in [7, 11) is 0. The highest BCUT2D eigenvalue weighted by Gasteiger charge is 2.31. The van der Waals surface area contributed by atoms with Crippen LogP contribution in [0.5, 0.6) is 0 Å². The summed E-state index contributed by atoms with van der Waals surface area (Å²) >= 11 is 0. The molecule has 0 bridgehead atoms. The third-order valence-electron chi connectivity index (χ3n) is 4.97. The SMILES string of the molecule is O=C(Nc1cccc(C(F)(F)F)c1)N1CCCC(c2nc(-c3ccccc3)no2)C1. The van der Waals surface area contributed by atoms with Crippen molar-refractivity contribution in [3.63, 3.8) is 0 Å². The molecule has 1 aliphatic rings. The van der Waals surface area contributed by atoms with Crippen LogP contribution in [0.1, 0.15) is 30.2 Å². The minimum absolute atomic E-state index is 0.0982. The molecule has 0 radical (unpaired) electrons. The monoisotopic (exact) mass is 416 g/mol. The Morgan fingerprint density at radius 1 is 1.13 bits per heavy atom. The largest absolute Gasteiger partial charge is 0.416 e. The van der Waals surface area contributed by atoms with Gasteiger partial charge in [0.1, 0.15) is 0 Å². The number of nitrogens with zero attached hydrogens (tertiary/aromatic N) is 3. The number of benzene rings is 2. The van der Waals surface area contributed by atoms with Crippen molar-refractivity contribution in [2.45, 2.75) is 24.9 Å². The minimum atomic E-state index is -4.47. The molecule has 0 aliphatic carbocycles. The molecule has 1 saturated heterocycles. The van der Waals surface area contributed by atoms with Gasteiger partial charge in [0.05, 0.1) is 11.5 Å². The quantitative estimate of drug-likeness (QED) is 0.640. The summed E-state index contributed by atoms with van der Waals surface area (Å²) < 4.78 is 44.0. The van der Waals surface area contributed by atoms with Crippen LogP contribution in [0.15, 0.2) is 59.1 Å². The van der Waals surface area contributed by atoms with E-state index in [0.717, 1.165) is 30.5 Å². The molecule has 3 aromatic rings. The van der Waals surface area contributed by atoms with Gasteiger partial charge in [-0.2, -0.15) is 18.2 Å². The lowest BCUT2D eigenvalue weighted by atomic mass is 9.98. The van der Waals surface area contributed by atoms with E-state index in [4.69, 9.17) is 4.52 Å². The summed E-state index contributed by atoms with van der Waals surface area (Å²) in [6.07, 6.45) is -2.96. The molecular weight excluding hydrogens is 397 g/mol. The minimum Gasteiger partial charge on any atom is -0.339 e. The molecule has 1 aromatic heterocycles. The number of urea groups is 1. The van der Waals surface area contributed by atoms with Crippen LogP contribution in [0, 0.1) is 0 Å². The van der Waals surface area contributed by atoms with E-state index in [1.54, 1.807) is 4.90 Å². The number of amides is 2. The molecule has 1 aliphatic heterocycles. The number of carbonyl (C=O) groups is 1. The molecule has 2 amide bonds. The Morgan fingerprint density at radius 3 is 2.70 bits per heavy atom. The predicted octanol–water partition coefficient (Wildman–Crippen LogP) is 5.17. The van der Waals surface area contributed by atoms with E-state index in [2.05, 4.69) is 15.5 Å². The van der Waals surface area contributed by atoms with E-state index >= 15 is 0 Å². The maximum Gasteiger partial charge on any atom is 0.416 e. The van der Waals surface area contributed by atoms with Gasteiger partial charge in [-0.25, -0.2) is 4.79 Å². The molecule has 30 heavy (non-hydrogen) atoms. The Balaban J connectivity index is 1.43. The van der Waals surface area contributed by atoms with Gasteiger partial charge in [0, 0.05) is 24.3 Å². The van der Waals surface area contributed by atoms with Gasteiger partial charge in [-0.15, -0.1) is 0 Å². The fourth-order valence-electron chi connectivity index (χ4n) is 3.44. The normalized spacial score (nSPS) is 17.0. The Bertz CT molecular complexity index is 1020. The summed E-state index contributed by atoms with van der Waals surface area (Å²) in [5.41, 5.74) is 0.125. The highest BCUT2D eigenvalue weighted by atomic mass is 19.4. The van der Waals surface area contributed by atoms with E-state index in [1.165, 1.54) is 12.1 Å². The summed E-state index contributed by atoms with van der Waals surface area (Å²) in [4.78, 5) is 18.6. The molecule has 9 heteroatoms. The van der Waals surface area contributed by atoms with Gasteiger partial charge >= 0.3 is 12.2 Å². The van der Waals surface area contributed by atoms with Gasteiger partial charge in [-0.3, -0.25) is 0 Å². The Labute approximate surface area is 170 Å². The zero-order valence-corrected chi connectivity index (χ0v) is 15.9. The first-order valence-electron chi connectivity index (χ1n) is 9.52. The van der Waals surface area contributed by atoms with Crippen molar-refractivity contribution in [2.24, 2.45) is 0 Å². The summed E-state index contributed by atoms with van der Waals surface area (Å²) in [5.74, 6) is 0.803. The molecule has 2 heterocycles. The summed E-state index contributed by atoms with van der Waals surface area (Å²) in [6.45, 7) is 0.849. The smallest absolute Gasteiger partial charge is 0.339 e. The van der Waals surface area contributed by atoms with Crippen LogP contribution in [-0.2, 0) is 6.18 Å². The number of nitrogens with one attached hydrogen (secondary N) is 1. The highest BCUT2D eigenvalue weighted by Crippen LogP contribution is 2.31. The van der Waals surface area contributed by atoms with Crippen molar-refractivity contribution in [1.29, 1.82) is 0 Å². The zero-order chi connectivity index (χ0) is 21.1. The number of carbonyl (C=O) groups excluding carboxylic acids is 1. The van der Waals surface area contributed by atoms with Gasteiger partial charge in [-0.05, 0) is 31.0 Å². The zero-order valence-electron chi connectivity index (χ0n) is 15.9. The number of likely N-dealkylation sites (tertiary alicyclic amines) is 1. The van der Waals surface area contributed by atoms with E-state index < -0.39 is 17.8 Å². The van der Waals surface area contributed by atoms with Crippen molar-refractivity contribution < 1.29 is 22.5 Å². The number of anilines is 1. The number of aromatic nitrogens is 2. The molecule has 156 valence electrons. The molecule has 6 nitrogen and oxygen atoms in total. The van der Waals surface area contributed by atoms with Gasteiger partial charge in [0.15, 0.2) is 0 Å². The lowest BCUT2D eigenvalue weighted by molar-refractivity contribution is -0.137. The second-order valence-electron chi connectivity index (χ2n) is 7.12. The first-order valence-corrected chi connectivity index (χ1v) is 9.52. The third kappa shape index (κ3) is 4.45. The average molecular weight is 416 g/mol. The number of alkyl halides is 3. The number of hydrogen-bond acceptors (Lipinski definition) is 4.